The Balaban J connectivity index is 1.90. The minimum atomic E-state index is -0.780. The van der Waals surface area contributed by atoms with Gasteiger partial charge in [-0.3, -0.25) is 0 Å². The molecule has 1 aromatic carbocycles. The van der Waals surface area contributed by atoms with Crippen molar-refractivity contribution in [3.63, 3.8) is 0 Å². The van der Waals surface area contributed by atoms with Gasteiger partial charge in [0.15, 0.2) is 0 Å². The SMILES string of the molecule is CC(C)(C)c1ccc(CC2CCN(C(=O)O)CC2)cc1. The summed E-state index contributed by atoms with van der Waals surface area (Å²) in [4.78, 5) is 12.4. The smallest absolute Gasteiger partial charge is 0.407 e. The minimum Gasteiger partial charge on any atom is -0.465 e. The van der Waals surface area contributed by atoms with Gasteiger partial charge in [0, 0.05) is 13.1 Å². The Labute approximate surface area is 121 Å². The average Bonchev–Trinajstić information content (AvgIpc) is 2.39. The summed E-state index contributed by atoms with van der Waals surface area (Å²) in [6.45, 7) is 8.04. The number of nitrogens with zero attached hydrogens (tertiary/aromatic N) is 1. The van der Waals surface area contributed by atoms with Crippen molar-refractivity contribution in [2.75, 3.05) is 13.1 Å². The maximum absolute atomic E-state index is 10.9. The Kier molecular flexibility index (Phi) is 4.36. The first-order chi connectivity index (χ1) is 9.36. The summed E-state index contributed by atoms with van der Waals surface area (Å²) in [7, 11) is 0. The molecule has 0 bridgehead atoms. The van der Waals surface area contributed by atoms with Gasteiger partial charge < -0.3 is 10.0 Å². The van der Waals surface area contributed by atoms with E-state index >= 15 is 0 Å². The van der Waals surface area contributed by atoms with Crippen LogP contribution in [0.5, 0.6) is 0 Å². The molecule has 1 amide bonds. The van der Waals surface area contributed by atoms with Crippen LogP contribution in [-0.4, -0.2) is 29.2 Å². The van der Waals surface area contributed by atoms with Crippen molar-refractivity contribution < 1.29 is 9.90 Å². The highest BCUT2D eigenvalue weighted by Crippen LogP contribution is 2.25. The largest absolute Gasteiger partial charge is 0.465 e. The molecule has 1 aliphatic heterocycles. The number of carbonyl (C=O) groups is 1. The molecule has 1 fully saturated rings. The lowest BCUT2D eigenvalue weighted by Gasteiger charge is -2.30. The van der Waals surface area contributed by atoms with E-state index in [2.05, 4.69) is 45.0 Å². The number of hydrogen-bond acceptors (Lipinski definition) is 1. The minimum absolute atomic E-state index is 0.200. The van der Waals surface area contributed by atoms with E-state index in [1.54, 1.807) is 0 Å². The molecule has 1 aromatic rings. The van der Waals surface area contributed by atoms with Gasteiger partial charge in [-0.25, -0.2) is 4.79 Å². The fraction of sp³-hybridized carbons (Fsp3) is 0.588. The average molecular weight is 275 g/mol. The van der Waals surface area contributed by atoms with Crippen molar-refractivity contribution >= 4 is 6.09 Å². The topological polar surface area (TPSA) is 40.5 Å². The number of piperidine rings is 1. The van der Waals surface area contributed by atoms with Crippen LogP contribution in [0.25, 0.3) is 0 Å². The summed E-state index contributed by atoms with van der Waals surface area (Å²) in [6.07, 6.45) is 2.25. The van der Waals surface area contributed by atoms with E-state index in [9.17, 15) is 4.79 Å². The predicted octanol–water partition coefficient (Wildman–Crippen LogP) is 3.92. The number of amides is 1. The Morgan fingerprint density at radius 2 is 1.75 bits per heavy atom. The highest BCUT2D eigenvalue weighted by molar-refractivity contribution is 5.64. The van der Waals surface area contributed by atoms with Crippen LogP contribution >= 0.6 is 0 Å². The third kappa shape index (κ3) is 3.75. The summed E-state index contributed by atoms with van der Waals surface area (Å²) in [6, 6.07) is 8.90. The zero-order chi connectivity index (χ0) is 14.8. The van der Waals surface area contributed by atoms with E-state index in [1.807, 2.05) is 0 Å². The van der Waals surface area contributed by atoms with E-state index in [-0.39, 0.29) is 5.41 Å². The molecule has 110 valence electrons. The van der Waals surface area contributed by atoms with Crippen LogP contribution in [0.4, 0.5) is 4.79 Å². The van der Waals surface area contributed by atoms with Crippen LogP contribution in [0.1, 0.15) is 44.7 Å². The number of hydrogen-bond donors (Lipinski definition) is 1. The molecule has 3 heteroatoms. The van der Waals surface area contributed by atoms with Gasteiger partial charge in [0.25, 0.3) is 0 Å². The van der Waals surface area contributed by atoms with E-state index in [4.69, 9.17) is 5.11 Å². The zero-order valence-corrected chi connectivity index (χ0v) is 12.7. The third-order valence-corrected chi connectivity index (χ3v) is 4.23. The molecule has 1 aliphatic rings. The van der Waals surface area contributed by atoms with Crippen molar-refractivity contribution in [2.45, 2.75) is 45.4 Å². The molecule has 1 N–H and O–H groups in total. The molecule has 0 aromatic heterocycles. The normalized spacial score (nSPS) is 17.2. The number of rotatable bonds is 2. The molecule has 0 saturated carbocycles. The van der Waals surface area contributed by atoms with Gasteiger partial charge in [-0.15, -0.1) is 0 Å². The Bertz CT molecular complexity index is 451. The van der Waals surface area contributed by atoms with E-state index in [0.717, 1.165) is 19.3 Å². The molecule has 1 heterocycles. The molecule has 2 rings (SSSR count). The number of likely N-dealkylation sites (tertiary alicyclic amines) is 1. The third-order valence-electron chi connectivity index (χ3n) is 4.23. The molecule has 0 aliphatic carbocycles. The van der Waals surface area contributed by atoms with E-state index in [0.29, 0.717) is 19.0 Å². The van der Waals surface area contributed by atoms with Crippen LogP contribution in [0.15, 0.2) is 24.3 Å². The van der Waals surface area contributed by atoms with Crippen LogP contribution in [0.3, 0.4) is 0 Å². The van der Waals surface area contributed by atoms with E-state index in [1.165, 1.54) is 16.0 Å². The quantitative estimate of drug-likeness (QED) is 0.888. The first kappa shape index (κ1) is 14.9. The second-order valence-electron chi connectivity index (χ2n) is 6.86. The molecule has 1 saturated heterocycles. The second-order valence-corrected chi connectivity index (χ2v) is 6.86. The molecular formula is C17H25NO2. The van der Waals surface area contributed by atoms with Crippen LogP contribution in [0.2, 0.25) is 0 Å². The van der Waals surface area contributed by atoms with Crippen LogP contribution in [-0.2, 0) is 11.8 Å². The van der Waals surface area contributed by atoms with Crippen molar-refractivity contribution in [3.8, 4) is 0 Å². The lowest BCUT2D eigenvalue weighted by atomic mass is 9.85. The second kappa shape index (κ2) is 5.86. The summed E-state index contributed by atoms with van der Waals surface area (Å²) in [5, 5.41) is 8.95. The van der Waals surface area contributed by atoms with Gasteiger partial charge in [0.1, 0.15) is 0 Å². The van der Waals surface area contributed by atoms with Gasteiger partial charge in [0.05, 0.1) is 0 Å². The molecule has 0 unspecified atom stereocenters. The summed E-state index contributed by atoms with van der Waals surface area (Å²) in [5.74, 6) is 0.617. The maximum atomic E-state index is 10.9. The van der Waals surface area contributed by atoms with Gasteiger partial charge in [-0.05, 0) is 41.7 Å². The molecule has 3 nitrogen and oxygen atoms in total. The first-order valence-corrected chi connectivity index (χ1v) is 7.43. The van der Waals surface area contributed by atoms with Crippen LogP contribution < -0.4 is 0 Å². The van der Waals surface area contributed by atoms with Gasteiger partial charge in [-0.2, -0.15) is 0 Å². The van der Waals surface area contributed by atoms with Crippen molar-refractivity contribution in [2.24, 2.45) is 5.92 Å². The summed E-state index contributed by atoms with van der Waals surface area (Å²) >= 11 is 0. The highest BCUT2D eigenvalue weighted by atomic mass is 16.4. The summed E-state index contributed by atoms with van der Waals surface area (Å²) < 4.78 is 0. The Morgan fingerprint density at radius 3 is 2.20 bits per heavy atom. The first-order valence-electron chi connectivity index (χ1n) is 7.43. The number of carboxylic acid groups (broad SMARTS) is 1. The van der Waals surface area contributed by atoms with E-state index < -0.39 is 6.09 Å². The molecular weight excluding hydrogens is 250 g/mol. The van der Waals surface area contributed by atoms with Crippen molar-refractivity contribution in [3.05, 3.63) is 35.4 Å². The van der Waals surface area contributed by atoms with Crippen LogP contribution in [0, 0.1) is 5.92 Å². The standard InChI is InChI=1S/C17H25NO2/c1-17(2,3)15-6-4-13(5-7-15)12-14-8-10-18(11-9-14)16(19)20/h4-7,14H,8-12H2,1-3H3,(H,19,20). The molecule has 0 atom stereocenters. The lowest BCUT2D eigenvalue weighted by Crippen LogP contribution is -2.37. The fourth-order valence-corrected chi connectivity index (χ4v) is 2.80. The van der Waals surface area contributed by atoms with Crippen molar-refractivity contribution in [1.82, 2.24) is 4.90 Å². The molecule has 0 radical (unpaired) electrons. The fourth-order valence-electron chi connectivity index (χ4n) is 2.80. The lowest BCUT2D eigenvalue weighted by molar-refractivity contribution is 0.124. The van der Waals surface area contributed by atoms with Gasteiger partial charge in [-0.1, -0.05) is 45.0 Å². The Morgan fingerprint density at radius 1 is 1.20 bits per heavy atom. The predicted molar refractivity (Wildman–Crippen MR) is 81.2 cm³/mol. The zero-order valence-electron chi connectivity index (χ0n) is 12.7. The van der Waals surface area contributed by atoms with Gasteiger partial charge in [0.2, 0.25) is 0 Å². The Hall–Kier alpha value is -1.51. The van der Waals surface area contributed by atoms with Crippen molar-refractivity contribution in [1.29, 1.82) is 0 Å². The maximum Gasteiger partial charge on any atom is 0.407 e. The van der Waals surface area contributed by atoms with Gasteiger partial charge >= 0.3 is 6.09 Å². The molecule has 20 heavy (non-hydrogen) atoms. The monoisotopic (exact) mass is 275 g/mol. The molecule has 0 spiro atoms. The summed E-state index contributed by atoms with van der Waals surface area (Å²) in [5.41, 5.74) is 2.93. The highest BCUT2D eigenvalue weighted by Gasteiger charge is 2.22. The number of benzene rings is 1.